The summed E-state index contributed by atoms with van der Waals surface area (Å²) in [6.45, 7) is 1.83. The van der Waals surface area contributed by atoms with Gasteiger partial charge in [-0.05, 0) is 45.3 Å². The Morgan fingerprint density at radius 2 is 1.94 bits per heavy atom. The molecule has 0 aliphatic carbocycles. The van der Waals surface area contributed by atoms with Crippen LogP contribution in [0.1, 0.15) is 16.8 Å². The third-order valence-electron chi connectivity index (χ3n) is 2.63. The van der Waals surface area contributed by atoms with Gasteiger partial charge in [-0.15, -0.1) is 0 Å². The van der Waals surface area contributed by atoms with E-state index in [1.54, 1.807) is 6.07 Å². The minimum Gasteiger partial charge on any atom is -0.374 e. The average Bonchev–Trinajstić information content (AvgIpc) is 2.28. The molecular weight excluding hydrogens is 219 g/mol. The molecule has 0 spiro atoms. The summed E-state index contributed by atoms with van der Waals surface area (Å²) < 4.78 is 13.0. The van der Waals surface area contributed by atoms with Crippen molar-refractivity contribution in [3.63, 3.8) is 0 Å². The number of rotatable bonds is 6. The van der Waals surface area contributed by atoms with Crippen molar-refractivity contribution < 1.29 is 9.18 Å². The molecule has 94 valence electrons. The van der Waals surface area contributed by atoms with Gasteiger partial charge in [0.2, 0.25) is 0 Å². The van der Waals surface area contributed by atoms with Crippen LogP contribution in [0.5, 0.6) is 0 Å². The molecule has 0 aliphatic rings. The fourth-order valence-electron chi connectivity index (χ4n) is 1.71. The van der Waals surface area contributed by atoms with Crippen molar-refractivity contribution in [2.45, 2.75) is 6.42 Å². The number of carbonyl (C=O) groups excluding carboxylic acids is 1. The molecular formula is C13H19FN2O. The molecule has 0 radical (unpaired) electrons. The van der Waals surface area contributed by atoms with Crippen molar-refractivity contribution in [3.8, 4) is 0 Å². The lowest BCUT2D eigenvalue weighted by atomic mass is 10.1. The molecule has 0 saturated carbocycles. The second-order valence-electron chi connectivity index (χ2n) is 4.40. The second-order valence-corrected chi connectivity index (χ2v) is 4.40. The third-order valence-corrected chi connectivity index (χ3v) is 2.63. The van der Waals surface area contributed by atoms with Gasteiger partial charge in [0.15, 0.2) is 6.29 Å². The Kier molecular flexibility index (Phi) is 5.10. The van der Waals surface area contributed by atoms with Gasteiger partial charge in [-0.3, -0.25) is 4.79 Å². The van der Waals surface area contributed by atoms with Crippen LogP contribution in [0.2, 0.25) is 0 Å². The van der Waals surface area contributed by atoms with E-state index in [4.69, 9.17) is 0 Å². The zero-order valence-corrected chi connectivity index (χ0v) is 10.6. The van der Waals surface area contributed by atoms with Crippen molar-refractivity contribution in [2.75, 3.05) is 39.1 Å². The molecule has 0 saturated heterocycles. The Morgan fingerprint density at radius 1 is 1.24 bits per heavy atom. The molecule has 0 unspecified atom stereocenters. The van der Waals surface area contributed by atoms with Crippen LogP contribution in [0, 0.1) is 5.82 Å². The molecule has 0 amide bonds. The summed E-state index contributed by atoms with van der Waals surface area (Å²) in [7, 11) is 5.96. The van der Waals surface area contributed by atoms with Crippen LogP contribution >= 0.6 is 0 Å². The lowest BCUT2D eigenvalue weighted by Crippen LogP contribution is -2.24. The van der Waals surface area contributed by atoms with E-state index in [0.29, 0.717) is 11.8 Å². The van der Waals surface area contributed by atoms with Crippen LogP contribution in [0.25, 0.3) is 0 Å². The molecule has 0 bridgehead atoms. The van der Waals surface area contributed by atoms with Crippen molar-refractivity contribution in [1.29, 1.82) is 0 Å². The minimum absolute atomic E-state index is 0.377. The smallest absolute Gasteiger partial charge is 0.152 e. The van der Waals surface area contributed by atoms with E-state index in [1.165, 1.54) is 12.1 Å². The van der Waals surface area contributed by atoms with E-state index < -0.39 is 0 Å². The van der Waals surface area contributed by atoms with Crippen molar-refractivity contribution in [3.05, 3.63) is 29.6 Å². The summed E-state index contributed by atoms with van der Waals surface area (Å²) in [6.07, 6.45) is 1.69. The highest BCUT2D eigenvalue weighted by Gasteiger charge is 2.07. The molecule has 1 rings (SSSR count). The second kappa shape index (κ2) is 6.35. The summed E-state index contributed by atoms with van der Waals surface area (Å²) in [6, 6.07) is 4.30. The Bertz CT molecular complexity index is 380. The van der Waals surface area contributed by atoms with Gasteiger partial charge in [0, 0.05) is 24.8 Å². The van der Waals surface area contributed by atoms with Crippen LogP contribution in [-0.2, 0) is 0 Å². The van der Waals surface area contributed by atoms with Crippen molar-refractivity contribution in [2.24, 2.45) is 0 Å². The fourth-order valence-corrected chi connectivity index (χ4v) is 1.71. The standard InChI is InChI=1S/C13H19FN2O/c1-15(2)7-4-8-16(3)13-6-5-12(14)9-11(13)10-17/h5-6,9-10H,4,7-8H2,1-3H3. The third kappa shape index (κ3) is 4.15. The zero-order chi connectivity index (χ0) is 12.8. The molecule has 3 nitrogen and oxygen atoms in total. The molecule has 0 N–H and O–H groups in total. The predicted octanol–water partition coefficient (Wildman–Crippen LogP) is 2.03. The van der Waals surface area contributed by atoms with E-state index in [2.05, 4.69) is 4.90 Å². The van der Waals surface area contributed by atoms with Crippen LogP contribution in [-0.4, -0.2) is 45.4 Å². The Balaban J connectivity index is 2.68. The summed E-state index contributed by atoms with van der Waals surface area (Å²) >= 11 is 0. The lowest BCUT2D eigenvalue weighted by Gasteiger charge is -2.21. The number of aldehydes is 1. The molecule has 0 heterocycles. The van der Waals surface area contributed by atoms with E-state index in [0.717, 1.165) is 25.2 Å². The van der Waals surface area contributed by atoms with Crippen LogP contribution < -0.4 is 4.90 Å². The first-order valence-electron chi connectivity index (χ1n) is 5.65. The maximum Gasteiger partial charge on any atom is 0.152 e. The van der Waals surface area contributed by atoms with Crippen LogP contribution in [0.15, 0.2) is 18.2 Å². The summed E-state index contributed by atoms with van der Waals surface area (Å²) in [5.74, 6) is -0.377. The molecule has 17 heavy (non-hydrogen) atoms. The van der Waals surface area contributed by atoms with Gasteiger partial charge in [0.1, 0.15) is 5.82 Å². The Labute approximate surface area is 102 Å². The molecule has 0 aromatic heterocycles. The first-order valence-corrected chi connectivity index (χ1v) is 5.65. The van der Waals surface area contributed by atoms with Crippen molar-refractivity contribution >= 4 is 12.0 Å². The molecule has 0 atom stereocenters. The largest absolute Gasteiger partial charge is 0.374 e. The number of benzene rings is 1. The van der Waals surface area contributed by atoms with Crippen molar-refractivity contribution in [1.82, 2.24) is 4.90 Å². The molecule has 4 heteroatoms. The van der Waals surface area contributed by atoms with Gasteiger partial charge in [-0.25, -0.2) is 4.39 Å². The maximum absolute atomic E-state index is 13.0. The van der Waals surface area contributed by atoms with E-state index in [-0.39, 0.29) is 5.82 Å². The summed E-state index contributed by atoms with van der Waals surface area (Å²) in [4.78, 5) is 15.0. The van der Waals surface area contributed by atoms with E-state index >= 15 is 0 Å². The van der Waals surface area contributed by atoms with Gasteiger partial charge < -0.3 is 9.80 Å². The number of anilines is 1. The summed E-state index contributed by atoms with van der Waals surface area (Å²) in [5.41, 5.74) is 1.18. The molecule has 0 fully saturated rings. The first-order chi connectivity index (χ1) is 8.04. The number of hydrogen-bond donors (Lipinski definition) is 0. The monoisotopic (exact) mass is 238 g/mol. The highest BCUT2D eigenvalue weighted by atomic mass is 19.1. The highest BCUT2D eigenvalue weighted by Crippen LogP contribution is 2.19. The molecule has 1 aromatic carbocycles. The van der Waals surface area contributed by atoms with Gasteiger partial charge in [-0.2, -0.15) is 0 Å². The van der Waals surface area contributed by atoms with Crippen LogP contribution in [0.4, 0.5) is 10.1 Å². The number of halogens is 1. The average molecular weight is 238 g/mol. The normalized spacial score (nSPS) is 10.6. The minimum atomic E-state index is -0.377. The van der Waals surface area contributed by atoms with Gasteiger partial charge in [-0.1, -0.05) is 0 Å². The fraction of sp³-hybridized carbons (Fsp3) is 0.462. The van der Waals surface area contributed by atoms with E-state index in [1.807, 2.05) is 26.0 Å². The highest BCUT2D eigenvalue weighted by molar-refractivity contribution is 5.84. The van der Waals surface area contributed by atoms with Crippen LogP contribution in [0.3, 0.4) is 0 Å². The first kappa shape index (κ1) is 13.6. The zero-order valence-electron chi connectivity index (χ0n) is 10.6. The SMILES string of the molecule is CN(C)CCCN(C)c1ccc(F)cc1C=O. The van der Waals surface area contributed by atoms with Gasteiger partial charge in [0.05, 0.1) is 0 Å². The molecule has 1 aromatic rings. The Hall–Kier alpha value is -1.42. The van der Waals surface area contributed by atoms with Gasteiger partial charge >= 0.3 is 0 Å². The lowest BCUT2D eigenvalue weighted by molar-refractivity contribution is 0.112. The Morgan fingerprint density at radius 3 is 2.53 bits per heavy atom. The topological polar surface area (TPSA) is 23.6 Å². The predicted molar refractivity (Wildman–Crippen MR) is 68.2 cm³/mol. The quantitative estimate of drug-likeness (QED) is 0.708. The number of carbonyl (C=O) groups is 1. The van der Waals surface area contributed by atoms with Gasteiger partial charge in [0.25, 0.3) is 0 Å². The number of nitrogens with zero attached hydrogens (tertiary/aromatic N) is 2. The summed E-state index contributed by atoms with van der Waals surface area (Å²) in [5, 5.41) is 0. The maximum atomic E-state index is 13.0. The molecule has 0 aliphatic heterocycles. The van der Waals surface area contributed by atoms with E-state index in [9.17, 15) is 9.18 Å². The number of hydrogen-bond acceptors (Lipinski definition) is 3.